The number of halogens is 2. The lowest BCUT2D eigenvalue weighted by molar-refractivity contribution is 0.0329. The van der Waals surface area contributed by atoms with Crippen molar-refractivity contribution in [3.05, 3.63) is 95.9 Å². The van der Waals surface area contributed by atoms with Crippen LogP contribution in [-0.2, 0) is 6.54 Å². The smallest absolute Gasteiger partial charge is 0.255 e. The number of hydrogen-bond donors (Lipinski definition) is 5. The number of amides is 1. The maximum Gasteiger partial charge on any atom is 0.255 e. The van der Waals surface area contributed by atoms with Gasteiger partial charge in [0.05, 0.1) is 17.8 Å². The first kappa shape index (κ1) is 32.9. The van der Waals surface area contributed by atoms with Crippen LogP contribution >= 0.6 is 0 Å². The van der Waals surface area contributed by atoms with Crippen molar-refractivity contribution in [3.63, 3.8) is 0 Å². The molecule has 0 radical (unpaired) electrons. The first-order valence-corrected chi connectivity index (χ1v) is 17.0. The number of amidine groups is 1. The summed E-state index contributed by atoms with van der Waals surface area (Å²) in [7, 11) is 0. The van der Waals surface area contributed by atoms with Gasteiger partial charge < -0.3 is 31.1 Å². The third kappa shape index (κ3) is 7.82. The summed E-state index contributed by atoms with van der Waals surface area (Å²) < 4.78 is 28.0. The highest BCUT2D eigenvalue weighted by atomic mass is 19.1. The topological polar surface area (TPSA) is 125 Å². The van der Waals surface area contributed by atoms with Gasteiger partial charge in [0.1, 0.15) is 35.3 Å². The highest BCUT2D eigenvalue weighted by molar-refractivity contribution is 5.99. The lowest BCUT2D eigenvalue weighted by atomic mass is 9.91. The van der Waals surface area contributed by atoms with Crippen LogP contribution in [0.3, 0.4) is 0 Å². The number of pyridine rings is 1. The van der Waals surface area contributed by atoms with Crippen LogP contribution in [0.4, 0.5) is 20.3 Å². The molecule has 1 amide bonds. The molecule has 10 nitrogen and oxygen atoms in total. The lowest BCUT2D eigenvalue weighted by Gasteiger charge is -2.30. The molecule has 7 rings (SSSR count). The number of carbonyl (C=O) groups is 1. The zero-order valence-corrected chi connectivity index (χ0v) is 27.2. The number of aromatic nitrogens is 1. The fourth-order valence-corrected chi connectivity index (χ4v) is 7.16. The number of benzene rings is 2. The molecule has 3 aliphatic heterocycles. The zero-order valence-electron chi connectivity index (χ0n) is 27.2. The van der Waals surface area contributed by atoms with Crippen LogP contribution in [0.15, 0.2) is 83.9 Å². The van der Waals surface area contributed by atoms with E-state index in [1.54, 1.807) is 18.2 Å². The number of nitrogens with one attached hydrogen (secondary N) is 3. The van der Waals surface area contributed by atoms with E-state index < -0.39 is 12.0 Å². The average molecular weight is 670 g/mol. The molecule has 0 spiro atoms. The number of fused-ring (bicyclic) bond motifs is 1. The third-order valence-electron chi connectivity index (χ3n) is 9.72. The van der Waals surface area contributed by atoms with Gasteiger partial charge >= 0.3 is 0 Å². The Kier molecular flexibility index (Phi) is 9.70. The number of allylic oxidation sites excluding steroid dienone is 2. The van der Waals surface area contributed by atoms with Crippen molar-refractivity contribution in [2.45, 2.75) is 69.4 Å². The van der Waals surface area contributed by atoms with Crippen LogP contribution < -0.4 is 16.0 Å². The van der Waals surface area contributed by atoms with Crippen LogP contribution in [0.25, 0.3) is 11.1 Å². The Balaban J connectivity index is 0.969. The quantitative estimate of drug-likeness (QED) is 0.196. The van der Waals surface area contributed by atoms with Gasteiger partial charge in [0.2, 0.25) is 0 Å². The van der Waals surface area contributed by atoms with E-state index in [0.717, 1.165) is 73.8 Å². The molecular weight excluding hydrogens is 628 g/mol. The second-order valence-electron chi connectivity index (χ2n) is 13.3. The fraction of sp³-hybridized carbons (Fsp3) is 0.378. The normalized spacial score (nSPS) is 23.6. The van der Waals surface area contributed by atoms with E-state index in [-0.39, 0.29) is 40.9 Å². The van der Waals surface area contributed by atoms with Gasteiger partial charge in [-0.05, 0) is 97.7 Å². The second-order valence-corrected chi connectivity index (χ2v) is 13.3. The summed E-state index contributed by atoms with van der Waals surface area (Å²) in [5, 5.41) is 30.5. The Hall–Kier alpha value is -4.65. The summed E-state index contributed by atoms with van der Waals surface area (Å²) in [6.07, 6.45) is 10.2. The fourth-order valence-electron chi connectivity index (χ4n) is 7.16. The van der Waals surface area contributed by atoms with Crippen molar-refractivity contribution in [2.24, 2.45) is 4.99 Å². The Morgan fingerprint density at radius 2 is 1.84 bits per heavy atom. The van der Waals surface area contributed by atoms with Gasteiger partial charge in [-0.25, -0.2) is 13.8 Å². The maximum atomic E-state index is 14.4. The Labute approximate surface area is 284 Å². The minimum absolute atomic E-state index is 0.0500. The molecule has 12 heteroatoms. The zero-order chi connectivity index (χ0) is 33.9. The van der Waals surface area contributed by atoms with E-state index in [4.69, 9.17) is 0 Å². The number of aliphatic hydroxyl groups excluding tert-OH is 1. The van der Waals surface area contributed by atoms with Gasteiger partial charge in [-0.15, -0.1) is 0 Å². The molecule has 1 saturated carbocycles. The predicted octanol–water partition coefficient (Wildman–Crippen LogP) is 5.35. The number of phenols is 1. The minimum Gasteiger partial charge on any atom is -0.508 e. The third-order valence-corrected chi connectivity index (χ3v) is 9.72. The van der Waals surface area contributed by atoms with Gasteiger partial charge in [0.15, 0.2) is 0 Å². The number of aromatic hydroxyl groups is 1. The Morgan fingerprint density at radius 3 is 2.65 bits per heavy atom. The molecule has 4 aliphatic rings. The average Bonchev–Trinajstić information content (AvgIpc) is 3.70. The van der Waals surface area contributed by atoms with Gasteiger partial charge in [0, 0.05) is 50.2 Å². The van der Waals surface area contributed by atoms with Gasteiger partial charge in [0.25, 0.3) is 5.91 Å². The molecule has 2 fully saturated rings. The molecule has 1 saturated heterocycles. The highest BCUT2D eigenvalue weighted by Gasteiger charge is 2.28. The van der Waals surface area contributed by atoms with Gasteiger partial charge in [-0.3, -0.25) is 14.7 Å². The molecule has 5 N–H and O–H groups in total. The van der Waals surface area contributed by atoms with E-state index in [0.29, 0.717) is 31.4 Å². The molecule has 2 atom stereocenters. The monoisotopic (exact) mass is 669 g/mol. The highest BCUT2D eigenvalue weighted by Crippen LogP contribution is 2.32. The van der Waals surface area contributed by atoms with E-state index in [1.165, 1.54) is 18.3 Å². The number of nitrogens with zero attached hydrogens (tertiary/aromatic N) is 4. The number of anilines is 2. The molecule has 2 unspecified atom stereocenters. The molecule has 0 bridgehead atoms. The van der Waals surface area contributed by atoms with Crippen LogP contribution in [-0.4, -0.2) is 80.7 Å². The molecule has 3 aromatic rings. The predicted molar refractivity (Wildman–Crippen MR) is 184 cm³/mol. The number of aliphatic hydroxyl groups is 1. The molecular formula is C37H41F2N7O3. The van der Waals surface area contributed by atoms with Crippen LogP contribution in [0, 0.1) is 5.82 Å². The summed E-state index contributed by atoms with van der Waals surface area (Å²) in [6.45, 7) is 2.63. The molecule has 49 heavy (non-hydrogen) atoms. The summed E-state index contributed by atoms with van der Waals surface area (Å²) in [5.74, 6) is -0.0730. The Bertz CT molecular complexity index is 1790. The minimum atomic E-state index is -0.601. The number of hydrogen-bond acceptors (Lipinski definition) is 9. The molecule has 2 aromatic carbocycles. The molecule has 1 aliphatic carbocycles. The van der Waals surface area contributed by atoms with E-state index in [1.807, 2.05) is 40.1 Å². The van der Waals surface area contributed by atoms with E-state index in [2.05, 4.69) is 25.9 Å². The van der Waals surface area contributed by atoms with E-state index >= 15 is 0 Å². The number of phenolic OH excluding ortho intramolecular Hbond substituents is 1. The van der Waals surface area contributed by atoms with Crippen LogP contribution in [0.1, 0.15) is 54.4 Å². The Morgan fingerprint density at radius 1 is 1.00 bits per heavy atom. The second kappa shape index (κ2) is 14.5. The summed E-state index contributed by atoms with van der Waals surface area (Å²) >= 11 is 0. The summed E-state index contributed by atoms with van der Waals surface area (Å²) in [4.78, 5) is 26.2. The van der Waals surface area contributed by atoms with Gasteiger partial charge in [-0.1, -0.05) is 18.2 Å². The molecule has 1 aromatic heterocycles. The largest absolute Gasteiger partial charge is 0.508 e. The maximum absolute atomic E-state index is 14.4. The summed E-state index contributed by atoms with van der Waals surface area (Å²) in [6, 6.07) is 14.3. The number of likely N-dealkylation sites (tertiary alicyclic amines) is 1. The number of rotatable bonds is 10. The first-order valence-electron chi connectivity index (χ1n) is 17.0. The standard InChI is InChI=1S/C37H41F2N7O3/c38-25-6-13-34-42-30(22-46(34)21-25)19-40-27-7-9-28(10-8-27)44-37(49)33-17-26(39)18-41-36(33)43-29-4-1-3-23(15-29)32-12-11-31(47)16-24(32)20-45-14-2-5-35(45)48/h1,3-4,6,11-13,15-18,21,27-28,30,35,40,47-48H,2,5,7-10,14,19-20,22H2,(H,41,43)(H,44,49). The van der Waals surface area contributed by atoms with E-state index in [9.17, 15) is 23.8 Å². The van der Waals surface area contributed by atoms with Crippen molar-refractivity contribution in [3.8, 4) is 16.9 Å². The van der Waals surface area contributed by atoms with Crippen molar-refractivity contribution in [1.82, 2.24) is 25.4 Å². The van der Waals surface area contributed by atoms with Crippen molar-refractivity contribution < 1.29 is 23.8 Å². The van der Waals surface area contributed by atoms with Gasteiger partial charge in [-0.2, -0.15) is 0 Å². The van der Waals surface area contributed by atoms with Crippen molar-refractivity contribution in [1.29, 1.82) is 0 Å². The van der Waals surface area contributed by atoms with Crippen molar-refractivity contribution in [2.75, 3.05) is 25.0 Å². The molecule has 256 valence electrons. The molecule has 4 heterocycles. The summed E-state index contributed by atoms with van der Waals surface area (Å²) in [5.41, 5.74) is 3.46. The first-order chi connectivity index (χ1) is 23.8. The van der Waals surface area contributed by atoms with Crippen molar-refractivity contribution >= 4 is 23.2 Å². The lowest BCUT2D eigenvalue weighted by Crippen LogP contribution is -2.44. The van der Waals surface area contributed by atoms with Crippen LogP contribution in [0.2, 0.25) is 0 Å². The number of aliphatic imine (C=N–C) groups is 1. The van der Waals surface area contributed by atoms with Crippen LogP contribution in [0.5, 0.6) is 5.75 Å². The SMILES string of the molecule is O=C(NC1CCC(NCC2CN3C=C(F)C=CC3=N2)CC1)c1cc(F)cnc1Nc1cccc(-c2ccc(O)cc2CN2CCCC2O)c1. The number of carbonyl (C=O) groups excluding carboxylic acids is 1.